The number of rotatable bonds is 7. The number of unbranched alkanes of at least 4 members (excludes halogenated alkanes) is 1. The minimum atomic E-state index is 0.337. The molecule has 0 heterocycles. The molecule has 1 fully saturated rings. The van der Waals surface area contributed by atoms with Crippen LogP contribution in [0.15, 0.2) is 5.16 Å². The zero-order valence-corrected chi connectivity index (χ0v) is 10.3. The molecule has 0 amide bonds. The summed E-state index contributed by atoms with van der Waals surface area (Å²) in [5.41, 5.74) is 5.39. The van der Waals surface area contributed by atoms with Gasteiger partial charge >= 0.3 is 0 Å². The lowest BCUT2D eigenvalue weighted by Gasteiger charge is -2.20. The van der Waals surface area contributed by atoms with E-state index in [9.17, 15) is 0 Å². The van der Waals surface area contributed by atoms with Gasteiger partial charge in [-0.1, -0.05) is 18.0 Å². The van der Waals surface area contributed by atoms with Crippen molar-refractivity contribution in [3.8, 4) is 0 Å². The van der Waals surface area contributed by atoms with Crippen molar-refractivity contribution in [2.75, 3.05) is 6.54 Å². The molecule has 1 saturated carbocycles. The van der Waals surface area contributed by atoms with Gasteiger partial charge in [-0.2, -0.15) is 0 Å². The number of oxime groups is 1. The number of nitrogens with one attached hydrogen (secondary N) is 1. The van der Waals surface area contributed by atoms with Crippen molar-refractivity contribution in [1.82, 2.24) is 5.32 Å². The third-order valence-corrected chi connectivity index (χ3v) is 3.56. The monoisotopic (exact) mass is 227 g/mol. The molecule has 0 spiro atoms. The third-order valence-electron chi connectivity index (χ3n) is 3.56. The quantitative estimate of drug-likeness (QED) is 0.205. The van der Waals surface area contributed by atoms with Crippen molar-refractivity contribution in [1.29, 1.82) is 0 Å². The number of nitrogens with zero attached hydrogens (tertiary/aromatic N) is 1. The summed E-state index contributed by atoms with van der Waals surface area (Å²) in [6.07, 6.45) is 8.35. The molecule has 4 nitrogen and oxygen atoms in total. The second-order valence-corrected chi connectivity index (χ2v) is 4.84. The fourth-order valence-electron chi connectivity index (χ4n) is 2.43. The van der Waals surface area contributed by atoms with E-state index >= 15 is 0 Å². The van der Waals surface area contributed by atoms with Crippen LogP contribution < -0.4 is 11.1 Å². The smallest absolute Gasteiger partial charge is 0.139 e. The highest BCUT2D eigenvalue weighted by Crippen LogP contribution is 2.27. The molecule has 1 aliphatic carbocycles. The second kappa shape index (κ2) is 7.49. The number of hydrogen-bond acceptors (Lipinski definition) is 3. The Balaban J connectivity index is 1.98. The van der Waals surface area contributed by atoms with Gasteiger partial charge in [0.25, 0.3) is 0 Å². The minimum absolute atomic E-state index is 0.337. The van der Waals surface area contributed by atoms with Crippen LogP contribution in [0, 0.1) is 5.92 Å². The van der Waals surface area contributed by atoms with Crippen LogP contribution in [0.4, 0.5) is 0 Å². The zero-order chi connectivity index (χ0) is 11.8. The normalized spacial score (nSPS) is 20.2. The SMILES string of the molecule is CC(NCCCCC(N)=NO)C1CCCC1. The Labute approximate surface area is 98.3 Å². The second-order valence-electron chi connectivity index (χ2n) is 4.84. The maximum atomic E-state index is 8.37. The average Bonchev–Trinajstić information content (AvgIpc) is 2.81. The lowest BCUT2D eigenvalue weighted by Crippen LogP contribution is -2.33. The summed E-state index contributed by atoms with van der Waals surface area (Å²) in [7, 11) is 0. The van der Waals surface area contributed by atoms with Gasteiger partial charge in [-0.15, -0.1) is 0 Å². The summed E-state index contributed by atoms with van der Waals surface area (Å²) in [4.78, 5) is 0. The van der Waals surface area contributed by atoms with Gasteiger partial charge in [-0.25, -0.2) is 0 Å². The Bertz CT molecular complexity index is 212. The molecule has 1 aliphatic rings. The molecule has 0 aromatic heterocycles. The van der Waals surface area contributed by atoms with Gasteiger partial charge in [0.1, 0.15) is 5.84 Å². The topological polar surface area (TPSA) is 70.6 Å². The van der Waals surface area contributed by atoms with Crippen molar-refractivity contribution >= 4 is 5.84 Å². The highest BCUT2D eigenvalue weighted by Gasteiger charge is 2.20. The molecule has 0 radical (unpaired) electrons. The van der Waals surface area contributed by atoms with Crippen molar-refractivity contribution < 1.29 is 5.21 Å². The van der Waals surface area contributed by atoms with E-state index in [1.165, 1.54) is 25.7 Å². The Morgan fingerprint density at radius 1 is 1.44 bits per heavy atom. The molecule has 0 bridgehead atoms. The van der Waals surface area contributed by atoms with E-state index in [1.807, 2.05) is 0 Å². The lowest BCUT2D eigenvalue weighted by atomic mass is 10.00. The summed E-state index contributed by atoms with van der Waals surface area (Å²) in [5, 5.41) is 14.9. The summed E-state index contributed by atoms with van der Waals surface area (Å²) in [5.74, 6) is 1.22. The number of amidine groups is 1. The van der Waals surface area contributed by atoms with Gasteiger partial charge < -0.3 is 16.3 Å². The van der Waals surface area contributed by atoms with Crippen molar-refractivity contribution in [3.05, 3.63) is 0 Å². The molecule has 1 rings (SSSR count). The Hall–Kier alpha value is -0.770. The van der Waals surface area contributed by atoms with Gasteiger partial charge in [0, 0.05) is 12.5 Å². The van der Waals surface area contributed by atoms with E-state index in [0.717, 1.165) is 25.3 Å². The largest absolute Gasteiger partial charge is 0.409 e. The van der Waals surface area contributed by atoms with Crippen molar-refractivity contribution in [2.24, 2.45) is 16.8 Å². The van der Waals surface area contributed by atoms with Crippen LogP contribution in [0.5, 0.6) is 0 Å². The first-order valence-electron chi connectivity index (χ1n) is 6.44. The highest BCUT2D eigenvalue weighted by atomic mass is 16.4. The number of nitrogens with two attached hydrogens (primary N) is 1. The first-order chi connectivity index (χ1) is 7.74. The first-order valence-corrected chi connectivity index (χ1v) is 6.44. The molecule has 0 aliphatic heterocycles. The van der Waals surface area contributed by atoms with Crippen molar-refractivity contribution in [3.63, 3.8) is 0 Å². The van der Waals surface area contributed by atoms with Crippen molar-refractivity contribution in [2.45, 2.75) is 57.9 Å². The molecule has 0 aromatic carbocycles. The van der Waals surface area contributed by atoms with Crippen LogP contribution in [-0.4, -0.2) is 23.6 Å². The Morgan fingerprint density at radius 2 is 2.12 bits per heavy atom. The third kappa shape index (κ3) is 4.84. The van der Waals surface area contributed by atoms with Crippen LogP contribution in [0.1, 0.15) is 51.9 Å². The molecule has 0 saturated heterocycles. The van der Waals surface area contributed by atoms with Crippen LogP contribution >= 0.6 is 0 Å². The average molecular weight is 227 g/mol. The van der Waals surface area contributed by atoms with Crippen LogP contribution in [0.25, 0.3) is 0 Å². The van der Waals surface area contributed by atoms with E-state index in [4.69, 9.17) is 10.9 Å². The molecule has 1 atom stereocenters. The predicted molar refractivity (Wildman–Crippen MR) is 66.7 cm³/mol. The molecule has 94 valence electrons. The molecule has 1 unspecified atom stereocenters. The van der Waals surface area contributed by atoms with Gasteiger partial charge in [-0.3, -0.25) is 0 Å². The molecular weight excluding hydrogens is 202 g/mol. The Kier molecular flexibility index (Phi) is 6.23. The first kappa shape index (κ1) is 13.3. The zero-order valence-electron chi connectivity index (χ0n) is 10.3. The Morgan fingerprint density at radius 3 is 2.75 bits per heavy atom. The van der Waals surface area contributed by atoms with Crippen LogP contribution in [0.3, 0.4) is 0 Å². The lowest BCUT2D eigenvalue weighted by molar-refractivity contribution is 0.316. The number of hydrogen-bond donors (Lipinski definition) is 3. The minimum Gasteiger partial charge on any atom is -0.409 e. The predicted octanol–water partition coefficient (Wildman–Crippen LogP) is 2.07. The van der Waals surface area contributed by atoms with Crippen LogP contribution in [-0.2, 0) is 0 Å². The van der Waals surface area contributed by atoms with E-state index in [0.29, 0.717) is 18.3 Å². The molecule has 16 heavy (non-hydrogen) atoms. The van der Waals surface area contributed by atoms with E-state index in [2.05, 4.69) is 17.4 Å². The summed E-state index contributed by atoms with van der Waals surface area (Å²) < 4.78 is 0. The molecule has 4 heteroatoms. The highest BCUT2D eigenvalue weighted by molar-refractivity contribution is 5.79. The van der Waals surface area contributed by atoms with E-state index in [1.54, 1.807) is 0 Å². The van der Waals surface area contributed by atoms with Gasteiger partial charge in [0.2, 0.25) is 0 Å². The summed E-state index contributed by atoms with van der Waals surface area (Å²) >= 11 is 0. The summed E-state index contributed by atoms with van der Waals surface area (Å²) in [6, 6.07) is 0.645. The molecular formula is C12H25N3O. The van der Waals surface area contributed by atoms with Crippen LogP contribution in [0.2, 0.25) is 0 Å². The maximum absolute atomic E-state index is 8.37. The van der Waals surface area contributed by atoms with Gasteiger partial charge in [0.05, 0.1) is 0 Å². The standard InChI is InChI=1S/C12H25N3O/c1-10(11-6-2-3-7-11)14-9-5-4-8-12(13)15-16/h10-11,14,16H,2-9H2,1H3,(H2,13,15). The fourth-order valence-corrected chi connectivity index (χ4v) is 2.43. The maximum Gasteiger partial charge on any atom is 0.139 e. The van der Waals surface area contributed by atoms with Gasteiger partial charge in [0.15, 0.2) is 0 Å². The van der Waals surface area contributed by atoms with E-state index in [-0.39, 0.29) is 0 Å². The van der Waals surface area contributed by atoms with E-state index < -0.39 is 0 Å². The summed E-state index contributed by atoms with van der Waals surface area (Å²) in [6.45, 7) is 3.33. The molecule has 0 aromatic rings. The molecule has 4 N–H and O–H groups in total. The fraction of sp³-hybridized carbons (Fsp3) is 0.917. The van der Waals surface area contributed by atoms with Gasteiger partial charge in [-0.05, 0) is 45.1 Å².